The number of nitrogens with zero attached hydrogens (tertiary/aromatic N) is 1. The predicted molar refractivity (Wildman–Crippen MR) is 54.7 cm³/mol. The maximum absolute atomic E-state index is 8.82. The van der Waals surface area contributed by atoms with Crippen LogP contribution in [-0.2, 0) is 0 Å². The van der Waals surface area contributed by atoms with Crippen molar-refractivity contribution in [1.82, 2.24) is 0 Å². The highest BCUT2D eigenvalue weighted by molar-refractivity contribution is 5.60. The Kier molecular flexibility index (Phi) is 3.32. The molecule has 0 spiro atoms. The van der Waals surface area contributed by atoms with Crippen molar-refractivity contribution in [3.05, 3.63) is 23.8 Å². The molecule has 0 fully saturated rings. The fraction of sp³-hybridized carbons (Fsp3) is 0.300. The maximum atomic E-state index is 8.82. The molecule has 1 rings (SSSR count). The third-order valence-corrected chi connectivity index (χ3v) is 1.67. The first-order valence-corrected chi connectivity index (χ1v) is 4.32. The summed E-state index contributed by atoms with van der Waals surface area (Å²) in [5.41, 5.74) is 11.9. The van der Waals surface area contributed by atoms with E-state index in [1.165, 1.54) is 0 Å². The molecule has 0 unspecified atom stereocenters. The molecule has 74 valence electrons. The van der Waals surface area contributed by atoms with Crippen LogP contribution in [0.2, 0.25) is 0 Å². The molecule has 0 aliphatic heterocycles. The van der Waals surface area contributed by atoms with Crippen LogP contribution in [0.1, 0.15) is 12.5 Å². The number of hydrogen-bond acceptors (Lipinski definition) is 4. The maximum Gasteiger partial charge on any atom is 0.139 e. The molecule has 0 saturated carbocycles. The third-order valence-electron chi connectivity index (χ3n) is 1.67. The van der Waals surface area contributed by atoms with Crippen LogP contribution in [0.3, 0.4) is 0 Å². The summed E-state index contributed by atoms with van der Waals surface area (Å²) >= 11 is 0. The average Bonchev–Trinajstić information content (AvgIpc) is 2.14. The van der Waals surface area contributed by atoms with E-state index in [9.17, 15) is 0 Å². The minimum Gasteiger partial charge on any atom is -0.491 e. The average molecular weight is 191 g/mol. The van der Waals surface area contributed by atoms with Crippen molar-refractivity contribution in [2.45, 2.75) is 13.0 Å². The summed E-state index contributed by atoms with van der Waals surface area (Å²) in [6.07, 6.45) is 0. The van der Waals surface area contributed by atoms with Gasteiger partial charge in [0.2, 0.25) is 0 Å². The van der Waals surface area contributed by atoms with Gasteiger partial charge in [-0.15, -0.1) is 0 Å². The molecule has 4 heteroatoms. The monoisotopic (exact) mass is 191 g/mol. The lowest BCUT2D eigenvalue weighted by Crippen LogP contribution is -2.23. The van der Waals surface area contributed by atoms with Gasteiger partial charge in [0, 0.05) is 6.04 Å². The van der Waals surface area contributed by atoms with Gasteiger partial charge < -0.3 is 16.2 Å². The molecule has 0 bridgehead atoms. The van der Waals surface area contributed by atoms with Gasteiger partial charge in [0.15, 0.2) is 0 Å². The van der Waals surface area contributed by atoms with Crippen molar-refractivity contribution < 1.29 is 4.74 Å². The molecule has 0 amide bonds. The van der Waals surface area contributed by atoms with Crippen molar-refractivity contribution >= 4 is 5.69 Å². The van der Waals surface area contributed by atoms with E-state index in [-0.39, 0.29) is 6.04 Å². The van der Waals surface area contributed by atoms with Crippen molar-refractivity contribution in [1.29, 1.82) is 5.26 Å². The minimum absolute atomic E-state index is 0.0667. The molecule has 0 heterocycles. The summed E-state index contributed by atoms with van der Waals surface area (Å²) in [6, 6.07) is 7.04. The van der Waals surface area contributed by atoms with Crippen LogP contribution in [0.25, 0.3) is 0 Å². The van der Waals surface area contributed by atoms with E-state index in [0.29, 0.717) is 23.6 Å². The highest BCUT2D eigenvalue weighted by Gasteiger charge is 2.06. The molecule has 0 aliphatic carbocycles. The van der Waals surface area contributed by atoms with Crippen LogP contribution in [0.15, 0.2) is 18.2 Å². The number of anilines is 1. The molecule has 0 aliphatic rings. The van der Waals surface area contributed by atoms with Crippen LogP contribution in [0.5, 0.6) is 5.75 Å². The lowest BCUT2D eigenvalue weighted by molar-refractivity contribution is 0.295. The zero-order valence-corrected chi connectivity index (χ0v) is 8.03. The van der Waals surface area contributed by atoms with Crippen LogP contribution < -0.4 is 16.2 Å². The molecule has 0 radical (unpaired) electrons. The van der Waals surface area contributed by atoms with E-state index in [1.807, 2.05) is 13.0 Å². The topological polar surface area (TPSA) is 85.1 Å². The van der Waals surface area contributed by atoms with E-state index in [4.69, 9.17) is 21.5 Å². The van der Waals surface area contributed by atoms with Crippen molar-refractivity contribution in [2.24, 2.45) is 5.73 Å². The van der Waals surface area contributed by atoms with Crippen LogP contribution in [-0.4, -0.2) is 12.6 Å². The molecule has 1 aromatic carbocycles. The van der Waals surface area contributed by atoms with Crippen LogP contribution >= 0.6 is 0 Å². The van der Waals surface area contributed by atoms with Crippen molar-refractivity contribution in [2.75, 3.05) is 12.3 Å². The quantitative estimate of drug-likeness (QED) is 0.694. The number of benzene rings is 1. The fourth-order valence-electron chi connectivity index (χ4n) is 1.01. The summed E-state index contributed by atoms with van der Waals surface area (Å²) in [7, 11) is 0. The van der Waals surface area contributed by atoms with Crippen molar-refractivity contribution in [3.8, 4) is 11.8 Å². The zero-order chi connectivity index (χ0) is 10.6. The molecular formula is C10H13N3O. The van der Waals surface area contributed by atoms with Crippen molar-refractivity contribution in [3.63, 3.8) is 0 Å². The first-order chi connectivity index (χ1) is 6.65. The first kappa shape index (κ1) is 10.4. The standard InChI is InChI=1S/C10H13N3O/c1-7(12)6-14-10-4-2-3-9(13)8(10)5-11/h2-4,7H,6,12-13H2,1H3/t7-/m1/s1. The second kappa shape index (κ2) is 4.49. The van der Waals surface area contributed by atoms with E-state index >= 15 is 0 Å². The summed E-state index contributed by atoms with van der Waals surface area (Å²) in [6.45, 7) is 2.20. The normalized spacial score (nSPS) is 11.8. The van der Waals surface area contributed by atoms with E-state index < -0.39 is 0 Å². The summed E-state index contributed by atoms with van der Waals surface area (Å²) in [4.78, 5) is 0. The van der Waals surface area contributed by atoms with Crippen LogP contribution in [0, 0.1) is 11.3 Å². The number of hydrogen-bond donors (Lipinski definition) is 2. The van der Waals surface area contributed by atoms with Gasteiger partial charge in [-0.1, -0.05) is 6.07 Å². The van der Waals surface area contributed by atoms with Gasteiger partial charge in [0.1, 0.15) is 24.0 Å². The Morgan fingerprint density at radius 1 is 1.57 bits per heavy atom. The largest absolute Gasteiger partial charge is 0.491 e. The summed E-state index contributed by atoms with van der Waals surface area (Å²) < 4.78 is 5.34. The summed E-state index contributed by atoms with van der Waals surface area (Å²) in [5, 5.41) is 8.82. The Labute approximate surface area is 83.1 Å². The number of nitrogens with two attached hydrogens (primary N) is 2. The second-order valence-corrected chi connectivity index (χ2v) is 3.12. The van der Waals surface area contributed by atoms with E-state index in [0.717, 1.165) is 0 Å². The summed E-state index contributed by atoms with van der Waals surface area (Å²) in [5.74, 6) is 0.491. The molecule has 0 saturated heterocycles. The predicted octanol–water partition coefficient (Wildman–Crippen LogP) is 0.866. The highest BCUT2D eigenvalue weighted by atomic mass is 16.5. The van der Waals surface area contributed by atoms with E-state index in [1.54, 1.807) is 18.2 Å². The number of rotatable bonds is 3. The molecule has 0 aromatic heterocycles. The Morgan fingerprint density at radius 3 is 2.86 bits per heavy atom. The first-order valence-electron chi connectivity index (χ1n) is 4.32. The minimum atomic E-state index is -0.0667. The Morgan fingerprint density at radius 2 is 2.29 bits per heavy atom. The number of nitriles is 1. The van der Waals surface area contributed by atoms with Gasteiger partial charge in [-0.2, -0.15) is 5.26 Å². The Bertz CT molecular complexity index is 355. The van der Waals surface area contributed by atoms with Gasteiger partial charge >= 0.3 is 0 Å². The molecule has 4 N–H and O–H groups in total. The fourth-order valence-corrected chi connectivity index (χ4v) is 1.01. The molecular weight excluding hydrogens is 178 g/mol. The molecule has 14 heavy (non-hydrogen) atoms. The van der Waals surface area contributed by atoms with Gasteiger partial charge in [-0.3, -0.25) is 0 Å². The molecule has 1 aromatic rings. The lowest BCUT2D eigenvalue weighted by Gasteiger charge is -2.10. The second-order valence-electron chi connectivity index (χ2n) is 3.12. The number of nitrogen functional groups attached to an aromatic ring is 1. The Balaban J connectivity index is 2.87. The van der Waals surface area contributed by atoms with Gasteiger partial charge in [-0.05, 0) is 19.1 Å². The van der Waals surface area contributed by atoms with Gasteiger partial charge in [-0.25, -0.2) is 0 Å². The molecule has 4 nitrogen and oxygen atoms in total. The Hall–Kier alpha value is -1.73. The van der Waals surface area contributed by atoms with Gasteiger partial charge in [0.05, 0.1) is 5.69 Å². The highest BCUT2D eigenvalue weighted by Crippen LogP contribution is 2.22. The third kappa shape index (κ3) is 2.38. The molecule has 1 atom stereocenters. The number of ether oxygens (including phenoxy) is 1. The zero-order valence-electron chi connectivity index (χ0n) is 8.03. The van der Waals surface area contributed by atoms with Gasteiger partial charge in [0.25, 0.3) is 0 Å². The van der Waals surface area contributed by atoms with E-state index in [2.05, 4.69) is 0 Å². The lowest BCUT2D eigenvalue weighted by atomic mass is 10.2. The SMILES string of the molecule is C[C@@H](N)COc1cccc(N)c1C#N. The van der Waals surface area contributed by atoms with Crippen LogP contribution in [0.4, 0.5) is 5.69 Å². The smallest absolute Gasteiger partial charge is 0.139 e.